The number of nitriles is 1. The van der Waals surface area contributed by atoms with Crippen LogP contribution in [0, 0.1) is 23.0 Å². The molecule has 0 atom stereocenters. The summed E-state index contributed by atoms with van der Waals surface area (Å²) in [6.45, 7) is 0. The molecular formula is C18H7F5N6. The maximum absolute atomic E-state index is 14.4. The summed E-state index contributed by atoms with van der Waals surface area (Å²) in [4.78, 5) is 7.12. The third-order valence-electron chi connectivity index (χ3n) is 4.05. The van der Waals surface area contributed by atoms with Crippen molar-refractivity contribution in [2.24, 2.45) is 0 Å². The van der Waals surface area contributed by atoms with E-state index in [1.54, 1.807) is 0 Å². The van der Waals surface area contributed by atoms with Crippen LogP contribution in [0.3, 0.4) is 0 Å². The molecular weight excluding hydrogens is 395 g/mol. The minimum absolute atomic E-state index is 0.0276. The second-order valence-electron chi connectivity index (χ2n) is 5.86. The molecule has 0 aliphatic heterocycles. The molecule has 0 aliphatic rings. The molecule has 2 aromatic carbocycles. The van der Waals surface area contributed by atoms with Crippen molar-refractivity contribution < 1.29 is 22.0 Å². The van der Waals surface area contributed by atoms with Crippen LogP contribution in [0.1, 0.15) is 11.4 Å². The molecule has 0 bridgehead atoms. The average molecular weight is 402 g/mol. The standard InChI is InChI=1S/C18H7F5N6/c19-10-2-1-9(7-24)12(5-10)13-6-11(3-4-14(13)20)29-8-25-15-16(29)27-28-17(26-15)18(21,22)23/h1-6,8H. The van der Waals surface area contributed by atoms with E-state index < -0.39 is 23.6 Å². The summed E-state index contributed by atoms with van der Waals surface area (Å²) in [5.74, 6) is -2.82. The van der Waals surface area contributed by atoms with Crippen LogP contribution in [0.15, 0.2) is 42.7 Å². The minimum Gasteiger partial charge on any atom is -0.280 e. The number of fused-ring (bicyclic) bond motifs is 1. The molecule has 4 rings (SSSR count). The lowest BCUT2D eigenvalue weighted by Gasteiger charge is -2.10. The predicted molar refractivity (Wildman–Crippen MR) is 89.5 cm³/mol. The summed E-state index contributed by atoms with van der Waals surface area (Å²) in [5.41, 5.74) is -0.132. The van der Waals surface area contributed by atoms with Crippen LogP contribution >= 0.6 is 0 Å². The molecule has 11 heteroatoms. The first kappa shape index (κ1) is 18.4. The molecule has 0 radical (unpaired) electrons. The number of aromatic nitrogens is 5. The number of halogens is 5. The van der Waals surface area contributed by atoms with Gasteiger partial charge in [0.15, 0.2) is 0 Å². The van der Waals surface area contributed by atoms with E-state index in [2.05, 4.69) is 20.2 Å². The van der Waals surface area contributed by atoms with Gasteiger partial charge >= 0.3 is 6.18 Å². The highest BCUT2D eigenvalue weighted by Crippen LogP contribution is 2.30. The van der Waals surface area contributed by atoms with Crippen LogP contribution < -0.4 is 0 Å². The number of imidazole rings is 1. The van der Waals surface area contributed by atoms with Gasteiger partial charge in [0, 0.05) is 16.8 Å². The quantitative estimate of drug-likeness (QED) is 0.473. The molecule has 0 aliphatic carbocycles. The lowest BCUT2D eigenvalue weighted by molar-refractivity contribution is -0.145. The first-order valence-electron chi connectivity index (χ1n) is 7.93. The lowest BCUT2D eigenvalue weighted by atomic mass is 9.99. The van der Waals surface area contributed by atoms with Crippen molar-refractivity contribution in [3.05, 3.63) is 65.7 Å². The van der Waals surface area contributed by atoms with E-state index in [0.717, 1.165) is 24.5 Å². The first-order valence-corrected chi connectivity index (χ1v) is 7.93. The fourth-order valence-corrected chi connectivity index (χ4v) is 2.74. The summed E-state index contributed by atoms with van der Waals surface area (Å²) in [6, 6.07) is 8.87. The highest BCUT2D eigenvalue weighted by Gasteiger charge is 2.36. The molecule has 0 unspecified atom stereocenters. The van der Waals surface area contributed by atoms with Gasteiger partial charge in [0.05, 0.1) is 11.6 Å². The van der Waals surface area contributed by atoms with E-state index in [9.17, 15) is 27.2 Å². The normalized spacial score (nSPS) is 11.6. The molecule has 6 nitrogen and oxygen atoms in total. The lowest BCUT2D eigenvalue weighted by Crippen LogP contribution is -2.12. The third-order valence-corrected chi connectivity index (χ3v) is 4.05. The Kier molecular flexibility index (Phi) is 4.19. The minimum atomic E-state index is -4.78. The largest absolute Gasteiger partial charge is 0.453 e. The fraction of sp³-hybridized carbons (Fsp3) is 0.0556. The van der Waals surface area contributed by atoms with Crippen LogP contribution in [0.4, 0.5) is 22.0 Å². The number of hydrogen-bond acceptors (Lipinski definition) is 5. The van der Waals surface area contributed by atoms with Crippen molar-refractivity contribution in [2.75, 3.05) is 0 Å². The average Bonchev–Trinajstić information content (AvgIpc) is 3.11. The van der Waals surface area contributed by atoms with Crippen molar-refractivity contribution in [3.63, 3.8) is 0 Å². The second kappa shape index (κ2) is 6.59. The highest BCUT2D eigenvalue weighted by molar-refractivity contribution is 5.74. The van der Waals surface area contributed by atoms with E-state index in [0.29, 0.717) is 0 Å². The molecule has 0 N–H and O–H groups in total. The maximum Gasteiger partial charge on any atom is 0.453 e. The van der Waals surface area contributed by atoms with Gasteiger partial charge in [-0.2, -0.15) is 23.4 Å². The number of alkyl halides is 3. The molecule has 144 valence electrons. The van der Waals surface area contributed by atoms with Gasteiger partial charge in [0.1, 0.15) is 18.0 Å². The van der Waals surface area contributed by atoms with Crippen LogP contribution in [0.5, 0.6) is 0 Å². The van der Waals surface area contributed by atoms with Gasteiger partial charge in [0.2, 0.25) is 11.3 Å². The Morgan fingerprint density at radius 2 is 1.76 bits per heavy atom. The topological polar surface area (TPSA) is 80.3 Å². The van der Waals surface area contributed by atoms with Gasteiger partial charge < -0.3 is 0 Å². The van der Waals surface area contributed by atoms with E-state index in [1.807, 2.05) is 6.07 Å². The van der Waals surface area contributed by atoms with E-state index >= 15 is 0 Å². The molecule has 0 saturated carbocycles. The molecule has 29 heavy (non-hydrogen) atoms. The van der Waals surface area contributed by atoms with Gasteiger partial charge in [-0.3, -0.25) is 4.57 Å². The Morgan fingerprint density at radius 3 is 2.48 bits per heavy atom. The SMILES string of the molecule is N#Cc1ccc(F)cc1-c1cc(-n2cnc3nc(C(F)(F)F)nnc32)ccc1F. The summed E-state index contributed by atoms with van der Waals surface area (Å²) in [5, 5.41) is 15.8. The predicted octanol–water partition coefficient (Wildman–Crippen LogP) is 4.05. The smallest absolute Gasteiger partial charge is 0.280 e. The molecule has 0 spiro atoms. The van der Waals surface area contributed by atoms with E-state index in [4.69, 9.17) is 0 Å². The van der Waals surface area contributed by atoms with E-state index in [-0.39, 0.29) is 33.7 Å². The van der Waals surface area contributed by atoms with Crippen molar-refractivity contribution in [1.82, 2.24) is 24.7 Å². The van der Waals surface area contributed by atoms with E-state index in [1.165, 1.54) is 22.8 Å². The van der Waals surface area contributed by atoms with Crippen molar-refractivity contribution in [1.29, 1.82) is 5.26 Å². The molecule has 0 fully saturated rings. The zero-order valence-corrected chi connectivity index (χ0v) is 14.1. The van der Waals surface area contributed by atoms with Crippen LogP contribution in [0.25, 0.3) is 28.1 Å². The van der Waals surface area contributed by atoms with Gasteiger partial charge in [-0.1, -0.05) is 0 Å². The summed E-state index contributed by atoms with van der Waals surface area (Å²) in [7, 11) is 0. The van der Waals surface area contributed by atoms with Crippen molar-refractivity contribution >= 4 is 11.3 Å². The first-order chi connectivity index (χ1) is 13.8. The Hall–Kier alpha value is -3.94. The number of nitrogens with zero attached hydrogens (tertiary/aromatic N) is 6. The summed E-state index contributed by atoms with van der Waals surface area (Å²) < 4.78 is 67.5. The Balaban J connectivity index is 1.87. The molecule has 0 amide bonds. The monoisotopic (exact) mass is 402 g/mol. The zero-order chi connectivity index (χ0) is 20.8. The van der Waals surface area contributed by atoms with Gasteiger partial charge in [-0.05, 0) is 36.4 Å². The van der Waals surface area contributed by atoms with Crippen LogP contribution in [-0.2, 0) is 6.18 Å². The van der Waals surface area contributed by atoms with Gasteiger partial charge in [-0.15, -0.1) is 10.2 Å². The Morgan fingerprint density at radius 1 is 0.966 bits per heavy atom. The number of benzene rings is 2. The molecule has 2 aromatic heterocycles. The summed E-state index contributed by atoms with van der Waals surface area (Å²) >= 11 is 0. The zero-order valence-electron chi connectivity index (χ0n) is 14.1. The Bertz CT molecular complexity index is 1290. The van der Waals surface area contributed by atoms with Gasteiger partial charge in [0.25, 0.3) is 5.82 Å². The highest BCUT2D eigenvalue weighted by atomic mass is 19.4. The number of hydrogen-bond donors (Lipinski definition) is 0. The Labute approximate surface area is 158 Å². The maximum atomic E-state index is 14.4. The molecule has 2 heterocycles. The van der Waals surface area contributed by atoms with Crippen molar-refractivity contribution in [2.45, 2.75) is 6.18 Å². The van der Waals surface area contributed by atoms with Crippen molar-refractivity contribution in [3.8, 4) is 22.9 Å². The third kappa shape index (κ3) is 3.25. The number of rotatable bonds is 2. The van der Waals surface area contributed by atoms with Crippen LogP contribution in [0.2, 0.25) is 0 Å². The molecule has 4 aromatic rings. The summed E-state index contributed by atoms with van der Waals surface area (Å²) in [6.07, 6.45) is -3.63. The molecule has 0 saturated heterocycles. The van der Waals surface area contributed by atoms with Gasteiger partial charge in [-0.25, -0.2) is 13.8 Å². The fourth-order valence-electron chi connectivity index (χ4n) is 2.74. The second-order valence-corrected chi connectivity index (χ2v) is 5.86. The van der Waals surface area contributed by atoms with Crippen LogP contribution in [-0.4, -0.2) is 24.7 Å².